The normalized spacial score (nSPS) is 11.9. The maximum absolute atomic E-state index is 12.9. The van der Waals surface area contributed by atoms with E-state index in [2.05, 4.69) is 25.3 Å². The molecule has 0 saturated heterocycles. The number of thioether (sulfide) groups is 1. The number of para-hydroxylation sites is 1. The third-order valence-corrected chi connectivity index (χ3v) is 5.42. The molecule has 0 heterocycles. The summed E-state index contributed by atoms with van der Waals surface area (Å²) in [4.78, 5) is 18.2. The molecular weight excluding hydrogens is 358 g/mol. The van der Waals surface area contributed by atoms with Gasteiger partial charge in [-0.15, -0.1) is 0 Å². The first-order chi connectivity index (χ1) is 12.8. The number of benzene rings is 1. The van der Waals surface area contributed by atoms with E-state index in [1.807, 2.05) is 38.2 Å². The lowest BCUT2D eigenvalue weighted by Crippen LogP contribution is -2.37. The fourth-order valence-corrected chi connectivity index (χ4v) is 3.48. The van der Waals surface area contributed by atoms with Gasteiger partial charge in [0.25, 0.3) is 5.91 Å². The average Bonchev–Trinajstić information content (AvgIpc) is 2.66. The minimum atomic E-state index is -0.0813. The Bertz CT molecular complexity index is 665. The molecule has 1 aromatic rings. The molecule has 5 nitrogen and oxygen atoms in total. The fourth-order valence-electron chi connectivity index (χ4n) is 2.56. The zero-order valence-corrected chi connectivity index (χ0v) is 18.1. The number of amides is 1. The Morgan fingerprint density at radius 2 is 1.81 bits per heavy atom. The standard InChI is InChI=1S/C21H33N3O2S/c1-7-24(8-2)15-14-23(6)21(25)20(16(4)22)27-17(5)18-12-10-11-13-19(18)26-9-3/h10-13H,5,7-9,14-15,22H2,1-4,6H3/b20-16-. The molecule has 2 N–H and O–H groups in total. The van der Waals surface area contributed by atoms with Gasteiger partial charge in [0.05, 0.1) is 11.5 Å². The monoisotopic (exact) mass is 391 g/mol. The van der Waals surface area contributed by atoms with Crippen molar-refractivity contribution in [2.75, 3.05) is 39.8 Å². The highest BCUT2D eigenvalue weighted by atomic mass is 32.2. The molecule has 0 unspecified atom stereocenters. The summed E-state index contributed by atoms with van der Waals surface area (Å²) in [5.41, 5.74) is 7.41. The molecule has 6 heteroatoms. The van der Waals surface area contributed by atoms with Crippen LogP contribution in [0.5, 0.6) is 5.75 Å². The van der Waals surface area contributed by atoms with Crippen LogP contribution >= 0.6 is 11.8 Å². The fraction of sp³-hybridized carbons (Fsp3) is 0.476. The largest absolute Gasteiger partial charge is 0.493 e. The van der Waals surface area contributed by atoms with Crippen LogP contribution in [0.1, 0.15) is 33.3 Å². The van der Waals surface area contributed by atoms with E-state index in [4.69, 9.17) is 10.5 Å². The van der Waals surface area contributed by atoms with Crippen molar-refractivity contribution >= 4 is 22.6 Å². The van der Waals surface area contributed by atoms with Crippen LogP contribution in [-0.4, -0.2) is 55.5 Å². The summed E-state index contributed by atoms with van der Waals surface area (Å²) in [5.74, 6) is 0.677. The molecule has 0 saturated carbocycles. The Balaban J connectivity index is 2.89. The minimum Gasteiger partial charge on any atom is -0.493 e. The number of likely N-dealkylation sites (N-methyl/N-ethyl adjacent to an activating group) is 2. The maximum atomic E-state index is 12.9. The highest BCUT2D eigenvalue weighted by Gasteiger charge is 2.20. The Labute approximate surface area is 168 Å². The molecule has 0 fully saturated rings. The van der Waals surface area contributed by atoms with Crippen LogP contribution < -0.4 is 10.5 Å². The van der Waals surface area contributed by atoms with E-state index in [0.29, 0.717) is 23.8 Å². The van der Waals surface area contributed by atoms with Gasteiger partial charge in [0.1, 0.15) is 5.75 Å². The summed E-state index contributed by atoms with van der Waals surface area (Å²) in [7, 11) is 1.81. The molecule has 0 radical (unpaired) electrons. The Kier molecular flexibility index (Phi) is 10.0. The quantitative estimate of drug-likeness (QED) is 0.582. The van der Waals surface area contributed by atoms with Gasteiger partial charge in [-0.25, -0.2) is 0 Å². The molecule has 0 aliphatic rings. The van der Waals surface area contributed by atoms with E-state index in [-0.39, 0.29) is 5.91 Å². The Hall–Kier alpha value is -1.92. The lowest BCUT2D eigenvalue weighted by molar-refractivity contribution is -0.125. The average molecular weight is 392 g/mol. The van der Waals surface area contributed by atoms with E-state index in [1.165, 1.54) is 11.8 Å². The number of nitrogens with zero attached hydrogens (tertiary/aromatic N) is 2. The van der Waals surface area contributed by atoms with Gasteiger partial charge in [-0.3, -0.25) is 4.79 Å². The van der Waals surface area contributed by atoms with Gasteiger partial charge < -0.3 is 20.3 Å². The predicted molar refractivity (Wildman–Crippen MR) is 117 cm³/mol. The van der Waals surface area contributed by atoms with E-state index in [9.17, 15) is 4.79 Å². The molecule has 0 aliphatic carbocycles. The smallest absolute Gasteiger partial charge is 0.262 e. The molecule has 0 aliphatic heterocycles. The number of rotatable bonds is 11. The van der Waals surface area contributed by atoms with Crippen molar-refractivity contribution in [1.29, 1.82) is 0 Å². The van der Waals surface area contributed by atoms with Gasteiger partial charge in [-0.2, -0.15) is 0 Å². The van der Waals surface area contributed by atoms with Crippen LogP contribution in [0, 0.1) is 0 Å². The molecule has 1 amide bonds. The van der Waals surface area contributed by atoms with Crippen molar-refractivity contribution < 1.29 is 9.53 Å². The lowest BCUT2D eigenvalue weighted by atomic mass is 10.2. The van der Waals surface area contributed by atoms with Gasteiger partial charge in [-0.05, 0) is 33.0 Å². The number of hydrogen-bond donors (Lipinski definition) is 1. The number of carbonyl (C=O) groups excluding carboxylic acids is 1. The number of nitrogens with two attached hydrogens (primary N) is 1. The molecule has 0 aromatic heterocycles. The van der Waals surface area contributed by atoms with E-state index >= 15 is 0 Å². The number of allylic oxidation sites excluding steroid dienone is 1. The molecule has 150 valence electrons. The lowest BCUT2D eigenvalue weighted by Gasteiger charge is -2.24. The predicted octanol–water partition coefficient (Wildman–Crippen LogP) is 3.78. The van der Waals surface area contributed by atoms with Crippen molar-refractivity contribution in [2.45, 2.75) is 27.7 Å². The van der Waals surface area contributed by atoms with Crippen molar-refractivity contribution in [2.24, 2.45) is 5.73 Å². The number of ether oxygens (including phenoxy) is 1. The van der Waals surface area contributed by atoms with Gasteiger partial charge in [0.2, 0.25) is 0 Å². The molecule has 27 heavy (non-hydrogen) atoms. The van der Waals surface area contributed by atoms with Crippen LogP contribution in [0.3, 0.4) is 0 Å². The van der Waals surface area contributed by atoms with Crippen LogP contribution in [-0.2, 0) is 4.79 Å². The van der Waals surface area contributed by atoms with Gasteiger partial charge in [0, 0.05) is 36.3 Å². The first-order valence-corrected chi connectivity index (χ1v) is 10.2. The van der Waals surface area contributed by atoms with Crippen LogP contribution in [0.15, 0.2) is 41.4 Å². The number of carbonyl (C=O) groups is 1. The highest BCUT2D eigenvalue weighted by molar-refractivity contribution is 8.12. The molecule has 0 bridgehead atoms. The highest BCUT2D eigenvalue weighted by Crippen LogP contribution is 2.38. The second-order valence-corrected chi connectivity index (χ2v) is 7.33. The first-order valence-electron chi connectivity index (χ1n) is 9.38. The maximum Gasteiger partial charge on any atom is 0.262 e. The van der Waals surface area contributed by atoms with E-state index in [1.54, 1.807) is 11.8 Å². The van der Waals surface area contributed by atoms with Gasteiger partial charge in [-0.1, -0.05) is 50.4 Å². The third-order valence-electron chi connectivity index (χ3n) is 4.26. The number of hydrogen-bond acceptors (Lipinski definition) is 5. The second kappa shape index (κ2) is 11.7. The van der Waals surface area contributed by atoms with Gasteiger partial charge in [0.15, 0.2) is 0 Å². The Morgan fingerprint density at radius 3 is 2.37 bits per heavy atom. The SMILES string of the molecule is C=C(S/C(C(=O)N(C)CCN(CC)CC)=C(/C)N)c1ccccc1OCC. The van der Waals surface area contributed by atoms with Crippen molar-refractivity contribution in [1.82, 2.24) is 9.80 Å². The van der Waals surface area contributed by atoms with Crippen molar-refractivity contribution in [3.63, 3.8) is 0 Å². The van der Waals surface area contributed by atoms with Crippen LogP contribution in [0.25, 0.3) is 4.91 Å². The van der Waals surface area contributed by atoms with Crippen molar-refractivity contribution in [3.05, 3.63) is 47.0 Å². The summed E-state index contributed by atoms with van der Waals surface area (Å²) in [5, 5.41) is 0. The minimum absolute atomic E-state index is 0.0813. The summed E-state index contributed by atoms with van der Waals surface area (Å²) in [6.45, 7) is 16.1. The van der Waals surface area contributed by atoms with Gasteiger partial charge >= 0.3 is 0 Å². The second-order valence-electron chi connectivity index (χ2n) is 6.22. The van der Waals surface area contributed by atoms with Crippen LogP contribution in [0.2, 0.25) is 0 Å². The first kappa shape index (κ1) is 23.1. The molecule has 1 rings (SSSR count). The molecule has 1 aromatic carbocycles. The molecule has 0 atom stereocenters. The topological polar surface area (TPSA) is 58.8 Å². The molecule has 0 spiro atoms. The van der Waals surface area contributed by atoms with E-state index < -0.39 is 0 Å². The summed E-state index contributed by atoms with van der Waals surface area (Å²) in [6.07, 6.45) is 0. The third kappa shape index (κ3) is 6.96. The summed E-state index contributed by atoms with van der Waals surface area (Å²) < 4.78 is 5.68. The summed E-state index contributed by atoms with van der Waals surface area (Å²) in [6, 6.07) is 7.70. The van der Waals surface area contributed by atoms with Crippen molar-refractivity contribution in [3.8, 4) is 5.75 Å². The zero-order chi connectivity index (χ0) is 20.4. The molecular formula is C21H33N3O2S. The van der Waals surface area contributed by atoms with E-state index in [0.717, 1.165) is 35.9 Å². The zero-order valence-electron chi connectivity index (χ0n) is 17.2. The summed E-state index contributed by atoms with van der Waals surface area (Å²) >= 11 is 1.30. The van der Waals surface area contributed by atoms with Crippen LogP contribution in [0.4, 0.5) is 0 Å². The Morgan fingerprint density at radius 1 is 1.19 bits per heavy atom.